The summed E-state index contributed by atoms with van der Waals surface area (Å²) in [6.07, 6.45) is 0.467. The molecule has 12 heavy (non-hydrogen) atoms. The molecule has 3 nitrogen and oxygen atoms in total. The second-order valence-electron chi connectivity index (χ2n) is 2.94. The number of amides is 1. The lowest BCUT2D eigenvalue weighted by molar-refractivity contribution is -0.120. The van der Waals surface area contributed by atoms with Gasteiger partial charge in [0.2, 0.25) is 5.91 Å². The highest BCUT2D eigenvalue weighted by atomic mass is 19.1. The molecule has 0 atom stereocenters. The smallest absolute Gasteiger partial charge is 0.234 e. The second-order valence-corrected chi connectivity index (χ2v) is 2.94. The van der Waals surface area contributed by atoms with Crippen LogP contribution >= 0.6 is 0 Å². The molecule has 0 aliphatic carbocycles. The van der Waals surface area contributed by atoms with Gasteiger partial charge in [-0.1, -0.05) is 0 Å². The van der Waals surface area contributed by atoms with Crippen LogP contribution in [-0.2, 0) is 4.79 Å². The summed E-state index contributed by atoms with van der Waals surface area (Å²) in [6.45, 7) is 4.30. The Hall–Kier alpha value is -0.640. The Kier molecular flexibility index (Phi) is 6.66. The molecule has 0 radical (unpaired) electrons. The van der Waals surface area contributed by atoms with Crippen molar-refractivity contribution in [2.24, 2.45) is 0 Å². The van der Waals surface area contributed by atoms with Gasteiger partial charge in [0, 0.05) is 6.04 Å². The zero-order chi connectivity index (χ0) is 9.40. The predicted molar refractivity (Wildman–Crippen MR) is 46.7 cm³/mol. The van der Waals surface area contributed by atoms with Crippen molar-refractivity contribution in [3.63, 3.8) is 0 Å². The summed E-state index contributed by atoms with van der Waals surface area (Å²) in [5.41, 5.74) is 0. The molecule has 0 spiro atoms. The number of carbonyl (C=O) groups is 1. The zero-order valence-electron chi connectivity index (χ0n) is 7.69. The van der Waals surface area contributed by atoms with Gasteiger partial charge in [0.25, 0.3) is 0 Å². The standard InChI is InChI=1S/C8H17FN2O/c1-7(2)11-8(12)6-10-5-3-4-9/h7,10H,3-6H2,1-2H3,(H,11,12). The summed E-state index contributed by atoms with van der Waals surface area (Å²) in [5.74, 6) is -0.0381. The quantitative estimate of drug-likeness (QED) is 0.577. The summed E-state index contributed by atoms with van der Waals surface area (Å²) in [6, 6.07) is 0.167. The Morgan fingerprint density at radius 3 is 2.67 bits per heavy atom. The van der Waals surface area contributed by atoms with Gasteiger partial charge in [0.15, 0.2) is 0 Å². The van der Waals surface area contributed by atoms with Crippen LogP contribution in [0, 0.1) is 0 Å². The molecule has 0 saturated carbocycles. The number of rotatable bonds is 6. The molecule has 2 N–H and O–H groups in total. The van der Waals surface area contributed by atoms with Crippen LogP contribution in [0.5, 0.6) is 0 Å². The molecule has 1 amide bonds. The normalized spacial score (nSPS) is 10.3. The topological polar surface area (TPSA) is 41.1 Å². The van der Waals surface area contributed by atoms with Crippen molar-refractivity contribution in [1.29, 1.82) is 0 Å². The van der Waals surface area contributed by atoms with E-state index in [2.05, 4.69) is 10.6 Å². The van der Waals surface area contributed by atoms with E-state index in [9.17, 15) is 9.18 Å². The van der Waals surface area contributed by atoms with E-state index < -0.39 is 0 Å². The van der Waals surface area contributed by atoms with E-state index in [1.165, 1.54) is 0 Å². The van der Waals surface area contributed by atoms with Gasteiger partial charge in [-0.25, -0.2) is 0 Å². The lowest BCUT2D eigenvalue weighted by Crippen LogP contribution is -2.38. The van der Waals surface area contributed by atoms with E-state index in [1.807, 2.05) is 13.8 Å². The lowest BCUT2D eigenvalue weighted by atomic mass is 10.4. The van der Waals surface area contributed by atoms with E-state index in [-0.39, 0.29) is 25.2 Å². The highest BCUT2D eigenvalue weighted by Crippen LogP contribution is 1.78. The highest BCUT2D eigenvalue weighted by molar-refractivity contribution is 5.78. The number of hydrogen-bond acceptors (Lipinski definition) is 2. The average Bonchev–Trinajstić information content (AvgIpc) is 1.97. The van der Waals surface area contributed by atoms with Crippen LogP contribution in [0.3, 0.4) is 0 Å². The first-order valence-electron chi connectivity index (χ1n) is 4.23. The fourth-order valence-corrected chi connectivity index (χ4v) is 0.767. The average molecular weight is 176 g/mol. The summed E-state index contributed by atoms with van der Waals surface area (Å²) in [4.78, 5) is 10.9. The SMILES string of the molecule is CC(C)NC(=O)CNCCCF. The Bertz CT molecular complexity index is 128. The van der Waals surface area contributed by atoms with Crippen molar-refractivity contribution in [3.05, 3.63) is 0 Å². The second kappa shape index (κ2) is 7.03. The minimum absolute atomic E-state index is 0.0381. The third-order valence-corrected chi connectivity index (χ3v) is 1.22. The van der Waals surface area contributed by atoms with Crippen LogP contribution in [-0.4, -0.2) is 31.7 Å². The predicted octanol–water partition coefficient (Wildman–Crippen LogP) is 0.460. The number of hydrogen-bond donors (Lipinski definition) is 2. The first kappa shape index (κ1) is 11.4. The molecule has 0 unspecified atom stereocenters. The molecule has 0 aromatic carbocycles. The van der Waals surface area contributed by atoms with Gasteiger partial charge in [-0.15, -0.1) is 0 Å². The minimum atomic E-state index is -0.335. The van der Waals surface area contributed by atoms with Crippen LogP contribution in [0.15, 0.2) is 0 Å². The maximum atomic E-state index is 11.6. The molecule has 0 bridgehead atoms. The molecular formula is C8H17FN2O. The molecule has 0 aromatic rings. The Morgan fingerprint density at radius 2 is 2.17 bits per heavy atom. The Balaban J connectivity index is 3.20. The van der Waals surface area contributed by atoms with Crippen LogP contribution in [0.4, 0.5) is 4.39 Å². The maximum absolute atomic E-state index is 11.6. The fraction of sp³-hybridized carbons (Fsp3) is 0.875. The third kappa shape index (κ3) is 7.47. The molecular weight excluding hydrogens is 159 g/mol. The third-order valence-electron chi connectivity index (χ3n) is 1.22. The van der Waals surface area contributed by atoms with Crippen molar-refractivity contribution in [2.45, 2.75) is 26.3 Å². The lowest BCUT2D eigenvalue weighted by Gasteiger charge is -2.08. The van der Waals surface area contributed by atoms with Gasteiger partial charge >= 0.3 is 0 Å². The van der Waals surface area contributed by atoms with Crippen molar-refractivity contribution in [1.82, 2.24) is 10.6 Å². The summed E-state index contributed by atoms with van der Waals surface area (Å²) in [7, 11) is 0. The number of nitrogens with one attached hydrogen (secondary N) is 2. The molecule has 0 aliphatic rings. The molecule has 0 rings (SSSR count). The van der Waals surface area contributed by atoms with Gasteiger partial charge in [0.05, 0.1) is 13.2 Å². The van der Waals surface area contributed by atoms with E-state index >= 15 is 0 Å². The van der Waals surface area contributed by atoms with Gasteiger partial charge in [0.1, 0.15) is 0 Å². The first-order chi connectivity index (χ1) is 5.66. The Morgan fingerprint density at radius 1 is 1.50 bits per heavy atom. The molecule has 0 saturated heterocycles. The molecule has 4 heteroatoms. The van der Waals surface area contributed by atoms with E-state index in [4.69, 9.17) is 0 Å². The number of carbonyl (C=O) groups excluding carboxylic acids is 1. The molecule has 0 heterocycles. The van der Waals surface area contributed by atoms with Crippen molar-refractivity contribution in [3.8, 4) is 0 Å². The van der Waals surface area contributed by atoms with Crippen molar-refractivity contribution < 1.29 is 9.18 Å². The maximum Gasteiger partial charge on any atom is 0.234 e. The Labute approximate surface area is 72.7 Å². The van der Waals surface area contributed by atoms with E-state index in [1.54, 1.807) is 0 Å². The fourth-order valence-electron chi connectivity index (χ4n) is 0.767. The van der Waals surface area contributed by atoms with Crippen molar-refractivity contribution in [2.75, 3.05) is 19.8 Å². The van der Waals surface area contributed by atoms with Crippen LogP contribution in [0.1, 0.15) is 20.3 Å². The number of alkyl halides is 1. The van der Waals surface area contributed by atoms with Crippen LogP contribution in [0.2, 0.25) is 0 Å². The van der Waals surface area contributed by atoms with Gasteiger partial charge < -0.3 is 10.6 Å². The van der Waals surface area contributed by atoms with Gasteiger partial charge in [-0.3, -0.25) is 9.18 Å². The summed E-state index contributed by atoms with van der Waals surface area (Å²) < 4.78 is 11.6. The minimum Gasteiger partial charge on any atom is -0.353 e. The molecule has 0 fully saturated rings. The highest BCUT2D eigenvalue weighted by Gasteiger charge is 2.00. The van der Waals surface area contributed by atoms with Crippen LogP contribution in [0.25, 0.3) is 0 Å². The number of halogens is 1. The van der Waals surface area contributed by atoms with Gasteiger partial charge in [-0.05, 0) is 26.8 Å². The monoisotopic (exact) mass is 176 g/mol. The summed E-state index contributed by atoms with van der Waals surface area (Å²) >= 11 is 0. The zero-order valence-corrected chi connectivity index (χ0v) is 7.69. The molecule has 0 aromatic heterocycles. The molecule has 72 valence electrons. The first-order valence-corrected chi connectivity index (χ1v) is 4.23. The summed E-state index contributed by atoms with van der Waals surface area (Å²) in [5, 5.41) is 5.56. The molecule has 0 aliphatic heterocycles. The van der Waals surface area contributed by atoms with Crippen LogP contribution < -0.4 is 10.6 Å². The largest absolute Gasteiger partial charge is 0.353 e. The van der Waals surface area contributed by atoms with Crippen molar-refractivity contribution >= 4 is 5.91 Å². The van der Waals surface area contributed by atoms with Gasteiger partial charge in [-0.2, -0.15) is 0 Å². The van der Waals surface area contributed by atoms with E-state index in [0.29, 0.717) is 13.0 Å². The van der Waals surface area contributed by atoms with E-state index in [0.717, 1.165) is 0 Å².